The number of amides is 4. The van der Waals surface area contributed by atoms with E-state index in [0.717, 1.165) is 5.57 Å². The second-order valence-corrected chi connectivity index (χ2v) is 9.43. The van der Waals surface area contributed by atoms with Gasteiger partial charge in [-0.2, -0.15) is 0 Å². The van der Waals surface area contributed by atoms with Gasteiger partial charge in [0.25, 0.3) is 10.0 Å². The number of sulfonamides is 1. The molecule has 2 unspecified atom stereocenters. The number of hydrogen-bond donors (Lipinski definition) is 4. The van der Waals surface area contributed by atoms with Crippen LogP contribution in [0, 0.1) is 5.41 Å². The van der Waals surface area contributed by atoms with E-state index in [-0.39, 0.29) is 29.6 Å². The molecule has 10 nitrogen and oxygen atoms in total. The molecule has 0 radical (unpaired) electrons. The van der Waals surface area contributed by atoms with Gasteiger partial charge in [-0.05, 0) is 56.4 Å². The summed E-state index contributed by atoms with van der Waals surface area (Å²) in [5.41, 5.74) is 0.456. The summed E-state index contributed by atoms with van der Waals surface area (Å²) < 4.78 is 33.4. The molecule has 1 aromatic rings. The molecule has 1 aliphatic rings. The van der Waals surface area contributed by atoms with E-state index in [4.69, 9.17) is 4.74 Å². The van der Waals surface area contributed by atoms with E-state index in [2.05, 4.69) is 16.0 Å². The van der Waals surface area contributed by atoms with Crippen LogP contribution in [0.2, 0.25) is 0 Å². The number of rotatable bonds is 12. The van der Waals surface area contributed by atoms with Crippen molar-refractivity contribution in [3.63, 3.8) is 0 Å². The third-order valence-electron chi connectivity index (χ3n) is 5.76. The molecule has 0 aromatic heterocycles. The fourth-order valence-electron chi connectivity index (χ4n) is 3.85. The summed E-state index contributed by atoms with van der Waals surface area (Å²) >= 11 is 0. The lowest BCUT2D eigenvalue weighted by atomic mass is 9.73. The fourth-order valence-corrected chi connectivity index (χ4v) is 4.96. The van der Waals surface area contributed by atoms with Crippen molar-refractivity contribution in [1.82, 2.24) is 20.7 Å². The van der Waals surface area contributed by atoms with Gasteiger partial charge in [-0.3, -0.25) is 9.59 Å². The predicted molar refractivity (Wildman–Crippen MR) is 123 cm³/mol. The van der Waals surface area contributed by atoms with Gasteiger partial charge in [-0.25, -0.2) is 17.9 Å². The van der Waals surface area contributed by atoms with Crippen LogP contribution in [0.1, 0.15) is 58.6 Å². The van der Waals surface area contributed by atoms with E-state index in [9.17, 15) is 22.8 Å². The fraction of sp³-hybridized carbons (Fsp3) is 0.500. The second kappa shape index (κ2) is 11.2. The van der Waals surface area contributed by atoms with Crippen molar-refractivity contribution < 1.29 is 27.5 Å². The number of hydrogen-bond acceptors (Lipinski definition) is 6. The summed E-state index contributed by atoms with van der Waals surface area (Å²) in [6.45, 7) is 7.80. The Morgan fingerprint density at radius 2 is 2.00 bits per heavy atom. The number of carbonyl (C=O) groups is 3. The lowest BCUT2D eigenvalue weighted by Crippen LogP contribution is -2.40. The van der Waals surface area contributed by atoms with Crippen molar-refractivity contribution in [1.29, 1.82) is 0 Å². The van der Waals surface area contributed by atoms with Crippen molar-refractivity contribution in [2.75, 3.05) is 13.2 Å². The molecule has 0 bridgehead atoms. The zero-order valence-corrected chi connectivity index (χ0v) is 20.2. The topological polar surface area (TPSA) is 143 Å². The van der Waals surface area contributed by atoms with E-state index in [1.54, 1.807) is 19.2 Å². The Bertz CT molecular complexity index is 1020. The minimum Gasteiger partial charge on any atom is -0.492 e. The first kappa shape index (κ1) is 26.2. The van der Waals surface area contributed by atoms with Crippen LogP contribution >= 0.6 is 0 Å². The molecule has 0 fully saturated rings. The average Bonchev–Trinajstić information content (AvgIpc) is 3.06. The van der Waals surface area contributed by atoms with Crippen LogP contribution in [0.3, 0.4) is 0 Å². The van der Waals surface area contributed by atoms with Gasteiger partial charge in [0.05, 0.1) is 18.1 Å². The van der Waals surface area contributed by atoms with Crippen LogP contribution in [0.25, 0.3) is 0 Å². The molecule has 182 valence electrons. The second-order valence-electron chi connectivity index (χ2n) is 7.78. The van der Waals surface area contributed by atoms with E-state index in [0.29, 0.717) is 31.4 Å². The quantitative estimate of drug-likeness (QED) is 0.337. The molecule has 1 heterocycles. The van der Waals surface area contributed by atoms with Crippen molar-refractivity contribution in [2.45, 2.75) is 57.9 Å². The summed E-state index contributed by atoms with van der Waals surface area (Å²) in [6.07, 6.45) is 3.54. The Kier molecular flexibility index (Phi) is 8.86. The first-order chi connectivity index (χ1) is 15.6. The van der Waals surface area contributed by atoms with Crippen molar-refractivity contribution in [3.8, 4) is 5.75 Å². The smallest absolute Gasteiger partial charge is 0.328 e. The third-order valence-corrected chi connectivity index (χ3v) is 7.11. The van der Waals surface area contributed by atoms with Crippen LogP contribution in [0.4, 0.5) is 4.79 Å². The number of nitrogens with one attached hydrogen (secondary N) is 4. The number of ether oxygens (including phenoxy) is 1. The molecular weight excluding hydrogens is 448 g/mol. The molecule has 11 heteroatoms. The number of benzene rings is 1. The van der Waals surface area contributed by atoms with Crippen LogP contribution in [-0.4, -0.2) is 39.9 Å². The van der Waals surface area contributed by atoms with Gasteiger partial charge in [-0.15, -0.1) is 0 Å². The summed E-state index contributed by atoms with van der Waals surface area (Å²) in [4.78, 5) is 35.8. The van der Waals surface area contributed by atoms with Crippen LogP contribution < -0.4 is 25.4 Å². The molecule has 2 rings (SSSR count). The molecule has 4 N–H and O–H groups in total. The molecular formula is C22H32N4O6S. The maximum absolute atomic E-state index is 13.0. The van der Waals surface area contributed by atoms with Gasteiger partial charge < -0.3 is 20.7 Å². The minimum absolute atomic E-state index is 0.0711. The molecule has 33 heavy (non-hydrogen) atoms. The number of carbonyl (C=O) groups excluding carboxylic acids is 3. The molecule has 4 amide bonds. The highest BCUT2D eigenvalue weighted by Gasteiger charge is 2.44. The normalized spacial score (nSPS) is 18.7. The first-order valence-corrected chi connectivity index (χ1v) is 12.4. The molecule has 1 aliphatic heterocycles. The molecule has 0 aliphatic carbocycles. The highest BCUT2D eigenvalue weighted by Crippen LogP contribution is 2.43. The van der Waals surface area contributed by atoms with Gasteiger partial charge >= 0.3 is 6.03 Å². The van der Waals surface area contributed by atoms with Gasteiger partial charge in [0.1, 0.15) is 10.6 Å². The van der Waals surface area contributed by atoms with Gasteiger partial charge in [0.2, 0.25) is 12.3 Å². The summed E-state index contributed by atoms with van der Waals surface area (Å²) in [7, 11) is -4.28. The molecule has 2 atom stereocenters. The molecule has 0 spiro atoms. The van der Waals surface area contributed by atoms with Crippen LogP contribution in [-0.2, 0) is 19.6 Å². The minimum atomic E-state index is -4.28. The zero-order chi connectivity index (χ0) is 24.6. The summed E-state index contributed by atoms with van der Waals surface area (Å²) in [5, 5.41) is 7.88. The van der Waals surface area contributed by atoms with E-state index in [1.807, 2.05) is 25.5 Å². The lowest BCUT2D eigenvalue weighted by Gasteiger charge is -2.31. The highest BCUT2D eigenvalue weighted by atomic mass is 32.2. The third kappa shape index (κ3) is 5.84. The van der Waals surface area contributed by atoms with Gasteiger partial charge in [0.15, 0.2) is 0 Å². The largest absolute Gasteiger partial charge is 0.492 e. The standard InChI is InChI=1S/C22H32N4O6S/c1-5-10-23-21(29)26-33(30,31)19-11-16(8-9-18(19)32-7-3)17(25-14-27)12-22(6-2)15(4)13-24-20(22)28/h8-9,11,13-14,17H,5-7,10,12H2,1-4H3,(H,24,28)(H,25,27)(H2,23,26,29). The maximum atomic E-state index is 13.0. The first-order valence-electron chi connectivity index (χ1n) is 10.9. The molecule has 1 aromatic carbocycles. The van der Waals surface area contributed by atoms with Gasteiger partial charge in [-0.1, -0.05) is 19.9 Å². The van der Waals surface area contributed by atoms with Crippen molar-refractivity contribution in [2.24, 2.45) is 5.41 Å². The van der Waals surface area contributed by atoms with Crippen molar-refractivity contribution in [3.05, 3.63) is 35.5 Å². The van der Waals surface area contributed by atoms with Crippen LogP contribution in [0.5, 0.6) is 5.75 Å². The van der Waals surface area contributed by atoms with E-state index in [1.165, 1.54) is 12.1 Å². The molecule has 0 saturated carbocycles. The predicted octanol–water partition coefficient (Wildman–Crippen LogP) is 2.09. The van der Waals surface area contributed by atoms with Crippen molar-refractivity contribution >= 4 is 28.4 Å². The van der Waals surface area contributed by atoms with Gasteiger partial charge in [0, 0.05) is 12.7 Å². The lowest BCUT2D eigenvalue weighted by molar-refractivity contribution is -0.128. The Labute approximate surface area is 194 Å². The average molecular weight is 481 g/mol. The summed E-state index contributed by atoms with van der Waals surface area (Å²) in [6, 6.07) is 2.97. The Morgan fingerprint density at radius 3 is 2.55 bits per heavy atom. The molecule has 0 saturated heterocycles. The summed E-state index contributed by atoms with van der Waals surface area (Å²) in [5.74, 6) is -0.102. The Hall–Kier alpha value is -3.08. The Morgan fingerprint density at radius 1 is 1.27 bits per heavy atom. The monoisotopic (exact) mass is 480 g/mol. The number of urea groups is 1. The highest BCUT2D eigenvalue weighted by molar-refractivity contribution is 7.90. The zero-order valence-electron chi connectivity index (χ0n) is 19.4. The van der Waals surface area contributed by atoms with E-state index >= 15 is 0 Å². The maximum Gasteiger partial charge on any atom is 0.328 e. The SMILES string of the molecule is CCCNC(=O)NS(=O)(=O)c1cc(C(CC2(CC)C(=O)NC=C2C)NC=O)ccc1OCC. The van der Waals surface area contributed by atoms with E-state index < -0.39 is 27.5 Å². The Balaban J connectivity index is 2.48. The van der Waals surface area contributed by atoms with Crippen LogP contribution in [0.15, 0.2) is 34.9 Å².